The van der Waals surface area contributed by atoms with Crippen molar-refractivity contribution in [3.63, 3.8) is 0 Å². The van der Waals surface area contributed by atoms with Crippen molar-refractivity contribution < 1.29 is 0 Å². The van der Waals surface area contributed by atoms with Crippen molar-refractivity contribution in [3.8, 4) is 0 Å². The third-order valence-corrected chi connectivity index (χ3v) is 6.64. The summed E-state index contributed by atoms with van der Waals surface area (Å²) in [5.74, 6) is 0.954. The van der Waals surface area contributed by atoms with Crippen LogP contribution in [0.4, 0.5) is 0 Å². The maximum Gasteiger partial charge on any atom is 0.193 e. The van der Waals surface area contributed by atoms with E-state index in [-0.39, 0.29) is 5.54 Å². The van der Waals surface area contributed by atoms with Gasteiger partial charge >= 0.3 is 0 Å². The van der Waals surface area contributed by atoms with Crippen molar-refractivity contribution in [2.75, 3.05) is 53.9 Å². The highest BCUT2D eigenvalue weighted by molar-refractivity contribution is 6.30. The van der Waals surface area contributed by atoms with Crippen LogP contribution in [0.5, 0.6) is 0 Å². The van der Waals surface area contributed by atoms with E-state index < -0.39 is 0 Å². The fourth-order valence-electron chi connectivity index (χ4n) is 4.62. The number of hydrogen-bond acceptors (Lipinski definition) is 3. The van der Waals surface area contributed by atoms with Gasteiger partial charge in [-0.3, -0.25) is 9.89 Å². The van der Waals surface area contributed by atoms with E-state index in [1.165, 1.54) is 63.8 Å². The van der Waals surface area contributed by atoms with E-state index in [4.69, 9.17) is 11.6 Å². The fraction of sp³-hybridized carbons (Fsp3) is 0.682. The van der Waals surface area contributed by atoms with Gasteiger partial charge in [0.1, 0.15) is 0 Å². The molecule has 28 heavy (non-hydrogen) atoms. The number of hydrogen-bond donors (Lipinski definition) is 1. The lowest BCUT2D eigenvalue weighted by atomic mass is 9.84. The summed E-state index contributed by atoms with van der Waals surface area (Å²) in [5.41, 5.74) is 1.45. The molecule has 0 unspecified atom stereocenters. The van der Waals surface area contributed by atoms with Gasteiger partial charge < -0.3 is 15.1 Å². The van der Waals surface area contributed by atoms with E-state index in [0.717, 1.165) is 24.1 Å². The summed E-state index contributed by atoms with van der Waals surface area (Å²) < 4.78 is 0. The summed E-state index contributed by atoms with van der Waals surface area (Å²) in [6, 6.07) is 8.06. The molecule has 0 aromatic heterocycles. The normalized spacial score (nSPS) is 21.5. The van der Waals surface area contributed by atoms with Crippen molar-refractivity contribution >= 4 is 17.6 Å². The number of nitrogens with one attached hydrogen (secondary N) is 1. The van der Waals surface area contributed by atoms with Crippen molar-refractivity contribution in [1.82, 2.24) is 20.0 Å². The van der Waals surface area contributed by atoms with Crippen molar-refractivity contribution in [3.05, 3.63) is 34.9 Å². The van der Waals surface area contributed by atoms with Gasteiger partial charge in [0.05, 0.1) is 0 Å². The highest BCUT2D eigenvalue weighted by Crippen LogP contribution is 2.31. The van der Waals surface area contributed by atoms with Gasteiger partial charge in [-0.15, -0.1) is 0 Å². The van der Waals surface area contributed by atoms with E-state index in [0.29, 0.717) is 0 Å². The first-order valence-electron chi connectivity index (χ1n) is 10.6. The Labute approximate surface area is 175 Å². The second-order valence-corrected chi connectivity index (χ2v) is 8.90. The van der Waals surface area contributed by atoms with Gasteiger partial charge in [-0.25, -0.2) is 0 Å². The number of piperidine rings is 2. The second kappa shape index (κ2) is 9.95. The standard InChI is InChI=1S/C22H36ClN5/c1-24-21(27(3)17-19-8-7-9-20(23)16-19)25-18-22(10-14-26(2)15-11-22)28-12-5-4-6-13-28/h7-9,16H,4-6,10-15,17-18H2,1-3H3,(H,24,25). The van der Waals surface area contributed by atoms with E-state index >= 15 is 0 Å². The zero-order valence-electron chi connectivity index (χ0n) is 17.8. The summed E-state index contributed by atoms with van der Waals surface area (Å²) in [7, 11) is 6.21. The molecule has 1 N–H and O–H groups in total. The molecule has 1 aromatic rings. The molecule has 156 valence electrons. The number of rotatable bonds is 5. The first kappa shape index (κ1) is 21.4. The molecule has 1 aromatic carbocycles. The lowest BCUT2D eigenvalue weighted by molar-refractivity contribution is 0.0170. The van der Waals surface area contributed by atoms with Crippen LogP contribution < -0.4 is 5.32 Å². The van der Waals surface area contributed by atoms with Gasteiger partial charge in [-0.1, -0.05) is 30.2 Å². The summed E-state index contributed by atoms with van der Waals surface area (Å²) >= 11 is 6.15. The number of likely N-dealkylation sites (tertiary alicyclic amines) is 2. The molecule has 2 heterocycles. The van der Waals surface area contributed by atoms with Crippen LogP contribution in [0.25, 0.3) is 0 Å². The Bertz CT molecular complexity index is 648. The molecule has 0 saturated carbocycles. The van der Waals surface area contributed by atoms with Gasteiger partial charge in [-0.05, 0) is 76.6 Å². The van der Waals surface area contributed by atoms with Crippen LogP contribution in [0.1, 0.15) is 37.7 Å². The summed E-state index contributed by atoms with van der Waals surface area (Å²) in [5, 5.41) is 4.49. The Morgan fingerprint density at radius 1 is 1.18 bits per heavy atom. The van der Waals surface area contributed by atoms with Gasteiger partial charge in [0, 0.05) is 37.7 Å². The maximum absolute atomic E-state index is 6.15. The zero-order chi connectivity index (χ0) is 20.0. The summed E-state index contributed by atoms with van der Waals surface area (Å²) in [6.07, 6.45) is 6.50. The lowest BCUT2D eigenvalue weighted by Gasteiger charge is -2.50. The Morgan fingerprint density at radius 2 is 1.89 bits per heavy atom. The lowest BCUT2D eigenvalue weighted by Crippen LogP contribution is -2.62. The minimum absolute atomic E-state index is 0.250. The van der Waals surface area contributed by atoms with E-state index in [1.807, 2.05) is 25.2 Å². The minimum Gasteiger partial charge on any atom is -0.354 e. The quantitative estimate of drug-likeness (QED) is 0.602. The predicted octanol–water partition coefficient (Wildman–Crippen LogP) is 3.30. The largest absolute Gasteiger partial charge is 0.354 e. The first-order valence-corrected chi connectivity index (χ1v) is 11.0. The van der Waals surface area contributed by atoms with E-state index in [2.05, 4.69) is 45.2 Å². The number of nitrogens with zero attached hydrogens (tertiary/aromatic N) is 4. The van der Waals surface area contributed by atoms with Crippen molar-refractivity contribution in [1.29, 1.82) is 0 Å². The third-order valence-electron chi connectivity index (χ3n) is 6.40. The molecule has 0 bridgehead atoms. The molecule has 5 nitrogen and oxygen atoms in total. The number of aliphatic imine (C=N–C) groups is 1. The van der Waals surface area contributed by atoms with Crippen molar-refractivity contribution in [2.24, 2.45) is 4.99 Å². The Hall–Kier alpha value is -1.30. The number of halogens is 1. The molecule has 2 aliphatic rings. The Morgan fingerprint density at radius 3 is 2.54 bits per heavy atom. The average Bonchev–Trinajstić information content (AvgIpc) is 2.71. The monoisotopic (exact) mass is 405 g/mol. The Balaban J connectivity index is 1.65. The average molecular weight is 406 g/mol. The SMILES string of the molecule is CN=C(NCC1(N2CCCCC2)CCN(C)CC1)N(C)Cc1cccc(Cl)c1. The highest BCUT2D eigenvalue weighted by atomic mass is 35.5. The first-order chi connectivity index (χ1) is 13.5. The van der Waals surface area contributed by atoms with Crippen LogP contribution in [0.2, 0.25) is 5.02 Å². The van der Waals surface area contributed by atoms with Crippen LogP contribution in [0.15, 0.2) is 29.3 Å². The van der Waals surface area contributed by atoms with E-state index in [9.17, 15) is 0 Å². The van der Waals surface area contributed by atoms with Gasteiger partial charge in [0.2, 0.25) is 0 Å². The maximum atomic E-state index is 6.15. The smallest absolute Gasteiger partial charge is 0.193 e. The topological polar surface area (TPSA) is 34.1 Å². The van der Waals surface area contributed by atoms with Crippen LogP contribution in [-0.4, -0.2) is 80.1 Å². The van der Waals surface area contributed by atoms with Gasteiger partial charge in [0.25, 0.3) is 0 Å². The molecule has 6 heteroatoms. The molecule has 2 saturated heterocycles. The van der Waals surface area contributed by atoms with Crippen LogP contribution in [0, 0.1) is 0 Å². The summed E-state index contributed by atoms with van der Waals surface area (Å²) in [6.45, 7) is 6.59. The fourth-order valence-corrected chi connectivity index (χ4v) is 4.83. The third kappa shape index (κ3) is 5.40. The molecule has 0 amide bonds. The van der Waals surface area contributed by atoms with Gasteiger partial charge in [-0.2, -0.15) is 0 Å². The minimum atomic E-state index is 0.250. The number of benzene rings is 1. The number of guanidine groups is 1. The molecular formula is C22H36ClN5. The highest BCUT2D eigenvalue weighted by Gasteiger charge is 2.39. The molecule has 0 radical (unpaired) electrons. The van der Waals surface area contributed by atoms with Gasteiger partial charge in [0.15, 0.2) is 5.96 Å². The Kier molecular flexibility index (Phi) is 7.61. The molecule has 2 aliphatic heterocycles. The van der Waals surface area contributed by atoms with Crippen LogP contribution >= 0.6 is 11.6 Å². The zero-order valence-corrected chi connectivity index (χ0v) is 18.5. The molecule has 0 atom stereocenters. The van der Waals surface area contributed by atoms with Crippen LogP contribution in [0.3, 0.4) is 0 Å². The molecular weight excluding hydrogens is 370 g/mol. The molecule has 0 aliphatic carbocycles. The van der Waals surface area contributed by atoms with Crippen molar-refractivity contribution in [2.45, 2.75) is 44.2 Å². The van der Waals surface area contributed by atoms with Crippen LogP contribution in [-0.2, 0) is 6.54 Å². The molecule has 2 fully saturated rings. The summed E-state index contributed by atoms with van der Waals surface area (Å²) in [4.78, 5) is 12.0. The van der Waals surface area contributed by atoms with E-state index in [1.54, 1.807) is 0 Å². The second-order valence-electron chi connectivity index (χ2n) is 8.46. The molecule has 3 rings (SSSR count). The predicted molar refractivity (Wildman–Crippen MR) is 119 cm³/mol. The molecule has 0 spiro atoms.